The Hall–Kier alpha value is -3.94. The van der Waals surface area contributed by atoms with Crippen molar-refractivity contribution in [3.8, 4) is 5.69 Å². The van der Waals surface area contributed by atoms with Crippen molar-refractivity contribution in [3.63, 3.8) is 0 Å². The van der Waals surface area contributed by atoms with E-state index >= 15 is 0 Å². The van der Waals surface area contributed by atoms with Crippen LogP contribution in [0, 0.1) is 13.8 Å². The Morgan fingerprint density at radius 2 is 1.74 bits per heavy atom. The van der Waals surface area contributed by atoms with Crippen LogP contribution >= 0.6 is 0 Å². The molecule has 1 amide bonds. The SMILES string of the molecule is CCc1ccccc1NC(=O)COC(=O)c1ccc(-n2nc(C)c(CCC(=O)OC)c2C)cc1. The van der Waals surface area contributed by atoms with Crippen LogP contribution in [0.1, 0.15) is 46.2 Å². The molecular weight excluding hydrogens is 434 g/mol. The zero-order valence-corrected chi connectivity index (χ0v) is 19.9. The normalized spacial score (nSPS) is 10.6. The quantitative estimate of drug-likeness (QED) is 0.483. The van der Waals surface area contributed by atoms with Crippen molar-refractivity contribution in [3.05, 3.63) is 76.6 Å². The van der Waals surface area contributed by atoms with Crippen LogP contribution in [-0.2, 0) is 31.9 Å². The molecule has 0 atom stereocenters. The lowest BCUT2D eigenvalue weighted by atomic mass is 10.1. The van der Waals surface area contributed by atoms with Crippen molar-refractivity contribution < 1.29 is 23.9 Å². The van der Waals surface area contributed by atoms with Crippen LogP contribution in [0.4, 0.5) is 5.69 Å². The van der Waals surface area contributed by atoms with Crippen molar-refractivity contribution in [2.45, 2.75) is 40.0 Å². The minimum Gasteiger partial charge on any atom is -0.469 e. The van der Waals surface area contributed by atoms with E-state index in [2.05, 4.69) is 10.4 Å². The van der Waals surface area contributed by atoms with Gasteiger partial charge in [-0.3, -0.25) is 9.59 Å². The van der Waals surface area contributed by atoms with Gasteiger partial charge in [-0.2, -0.15) is 5.10 Å². The molecule has 8 heteroatoms. The molecule has 3 rings (SSSR count). The third-order valence-electron chi connectivity index (χ3n) is 5.60. The molecule has 8 nitrogen and oxygen atoms in total. The second kappa shape index (κ2) is 11.3. The molecular formula is C26H29N3O5. The minimum absolute atomic E-state index is 0.266. The first-order valence-corrected chi connectivity index (χ1v) is 11.1. The van der Waals surface area contributed by atoms with Crippen LogP contribution in [0.3, 0.4) is 0 Å². The summed E-state index contributed by atoms with van der Waals surface area (Å²) in [6.45, 7) is 5.46. The van der Waals surface area contributed by atoms with Crippen molar-refractivity contribution in [1.29, 1.82) is 0 Å². The van der Waals surface area contributed by atoms with E-state index in [1.54, 1.807) is 28.9 Å². The second-order valence-electron chi connectivity index (χ2n) is 7.82. The van der Waals surface area contributed by atoms with Gasteiger partial charge in [-0.15, -0.1) is 0 Å². The number of nitrogens with zero attached hydrogens (tertiary/aromatic N) is 2. The molecule has 1 heterocycles. The summed E-state index contributed by atoms with van der Waals surface area (Å²) in [7, 11) is 1.37. The van der Waals surface area contributed by atoms with Crippen LogP contribution in [-0.4, -0.2) is 41.3 Å². The number of aromatic nitrogens is 2. The van der Waals surface area contributed by atoms with Gasteiger partial charge in [0.2, 0.25) is 0 Å². The van der Waals surface area contributed by atoms with Gasteiger partial charge in [-0.1, -0.05) is 25.1 Å². The van der Waals surface area contributed by atoms with Gasteiger partial charge in [0, 0.05) is 17.8 Å². The predicted octanol–water partition coefficient (Wildman–Crippen LogP) is 3.95. The molecule has 178 valence electrons. The maximum absolute atomic E-state index is 12.4. The number of nitrogens with one attached hydrogen (secondary N) is 1. The fourth-order valence-electron chi connectivity index (χ4n) is 3.71. The number of rotatable bonds is 9. The van der Waals surface area contributed by atoms with E-state index < -0.39 is 11.9 Å². The highest BCUT2D eigenvalue weighted by molar-refractivity contribution is 5.96. The van der Waals surface area contributed by atoms with Crippen molar-refractivity contribution in [2.75, 3.05) is 19.0 Å². The number of carbonyl (C=O) groups is 3. The smallest absolute Gasteiger partial charge is 0.338 e. The molecule has 0 unspecified atom stereocenters. The fraction of sp³-hybridized carbons (Fsp3) is 0.308. The Bertz CT molecular complexity index is 1180. The Balaban J connectivity index is 1.61. The molecule has 34 heavy (non-hydrogen) atoms. The van der Waals surface area contributed by atoms with E-state index in [0.717, 1.165) is 34.6 Å². The van der Waals surface area contributed by atoms with Gasteiger partial charge in [0.25, 0.3) is 5.91 Å². The molecule has 0 bridgehead atoms. The van der Waals surface area contributed by atoms with Gasteiger partial charge in [-0.05, 0) is 68.1 Å². The van der Waals surface area contributed by atoms with Gasteiger partial charge in [-0.25, -0.2) is 9.48 Å². The maximum Gasteiger partial charge on any atom is 0.338 e. The highest BCUT2D eigenvalue weighted by atomic mass is 16.5. The summed E-state index contributed by atoms with van der Waals surface area (Å²) in [6, 6.07) is 14.3. The van der Waals surface area contributed by atoms with Crippen molar-refractivity contribution >= 4 is 23.5 Å². The Morgan fingerprint density at radius 3 is 2.41 bits per heavy atom. The maximum atomic E-state index is 12.4. The van der Waals surface area contributed by atoms with Gasteiger partial charge in [0.15, 0.2) is 6.61 Å². The van der Waals surface area contributed by atoms with E-state index in [9.17, 15) is 14.4 Å². The fourth-order valence-corrected chi connectivity index (χ4v) is 3.71. The first-order chi connectivity index (χ1) is 16.3. The average Bonchev–Trinajstić information content (AvgIpc) is 3.14. The van der Waals surface area contributed by atoms with Gasteiger partial charge in [0.1, 0.15) is 0 Å². The average molecular weight is 464 g/mol. The summed E-state index contributed by atoms with van der Waals surface area (Å²) in [5.41, 5.74) is 5.57. The summed E-state index contributed by atoms with van der Waals surface area (Å²) in [4.78, 5) is 36.1. The lowest BCUT2D eigenvalue weighted by molar-refractivity contribution is -0.140. The zero-order valence-electron chi connectivity index (χ0n) is 19.9. The first-order valence-electron chi connectivity index (χ1n) is 11.1. The molecule has 0 aliphatic rings. The molecule has 1 aromatic heterocycles. The van der Waals surface area contributed by atoms with E-state index in [1.807, 2.05) is 45.0 Å². The molecule has 0 aliphatic carbocycles. The molecule has 0 spiro atoms. The number of ether oxygens (including phenoxy) is 2. The van der Waals surface area contributed by atoms with Crippen LogP contribution in [0.2, 0.25) is 0 Å². The summed E-state index contributed by atoms with van der Waals surface area (Å²) < 4.78 is 11.7. The summed E-state index contributed by atoms with van der Waals surface area (Å²) in [5, 5.41) is 7.34. The molecule has 0 saturated carbocycles. The molecule has 0 aliphatic heterocycles. The van der Waals surface area contributed by atoms with E-state index in [4.69, 9.17) is 9.47 Å². The van der Waals surface area contributed by atoms with E-state index in [1.165, 1.54) is 7.11 Å². The molecule has 2 aromatic carbocycles. The van der Waals surface area contributed by atoms with Crippen LogP contribution < -0.4 is 5.32 Å². The van der Waals surface area contributed by atoms with Crippen molar-refractivity contribution in [1.82, 2.24) is 9.78 Å². The highest BCUT2D eigenvalue weighted by Crippen LogP contribution is 2.20. The molecule has 0 radical (unpaired) electrons. The van der Waals surface area contributed by atoms with Crippen LogP contribution in [0.15, 0.2) is 48.5 Å². The second-order valence-corrected chi connectivity index (χ2v) is 7.82. The van der Waals surface area contributed by atoms with E-state index in [-0.39, 0.29) is 19.0 Å². The third-order valence-corrected chi connectivity index (χ3v) is 5.60. The zero-order chi connectivity index (χ0) is 24.7. The minimum atomic E-state index is -0.586. The van der Waals surface area contributed by atoms with Crippen LogP contribution in [0.5, 0.6) is 0 Å². The van der Waals surface area contributed by atoms with Crippen LogP contribution in [0.25, 0.3) is 5.69 Å². The van der Waals surface area contributed by atoms with Gasteiger partial charge < -0.3 is 14.8 Å². The number of methoxy groups -OCH3 is 1. The molecule has 0 fully saturated rings. The number of hydrogen-bond donors (Lipinski definition) is 1. The largest absolute Gasteiger partial charge is 0.469 e. The molecule has 0 saturated heterocycles. The molecule has 1 N–H and O–H groups in total. The number of carbonyl (C=O) groups excluding carboxylic acids is 3. The van der Waals surface area contributed by atoms with Gasteiger partial charge >= 0.3 is 11.9 Å². The Labute approximate surface area is 198 Å². The first kappa shape index (κ1) is 24.7. The lowest BCUT2D eigenvalue weighted by Gasteiger charge is -2.10. The predicted molar refractivity (Wildman–Crippen MR) is 128 cm³/mol. The summed E-state index contributed by atoms with van der Waals surface area (Å²) >= 11 is 0. The number of aryl methyl sites for hydroxylation is 2. The number of amides is 1. The number of esters is 2. The third kappa shape index (κ3) is 5.89. The van der Waals surface area contributed by atoms with Gasteiger partial charge in [0.05, 0.1) is 24.1 Å². The topological polar surface area (TPSA) is 99.5 Å². The van der Waals surface area contributed by atoms with Crippen molar-refractivity contribution in [2.24, 2.45) is 0 Å². The number of hydrogen-bond acceptors (Lipinski definition) is 6. The number of para-hydroxylation sites is 1. The Kier molecular flexibility index (Phi) is 8.19. The van der Waals surface area contributed by atoms with E-state index in [0.29, 0.717) is 17.7 Å². The summed E-state index contributed by atoms with van der Waals surface area (Å²) in [6.07, 6.45) is 1.61. The number of anilines is 1. The standard InChI is InChI=1S/C26H29N3O5/c1-5-19-8-6-7-9-23(19)27-24(30)16-34-26(32)20-10-12-21(13-11-20)29-18(3)22(17(2)28-29)14-15-25(31)33-4/h6-13H,5,14-16H2,1-4H3,(H,27,30). The Morgan fingerprint density at radius 1 is 1.03 bits per heavy atom. The summed E-state index contributed by atoms with van der Waals surface area (Å²) in [5.74, 6) is -1.25. The molecule has 3 aromatic rings. The highest BCUT2D eigenvalue weighted by Gasteiger charge is 2.16. The monoisotopic (exact) mass is 463 g/mol. The number of benzene rings is 2. The lowest BCUT2D eigenvalue weighted by Crippen LogP contribution is -2.21.